The van der Waals surface area contributed by atoms with Gasteiger partial charge < -0.3 is 4.18 Å². The first kappa shape index (κ1) is 12.6. The summed E-state index contributed by atoms with van der Waals surface area (Å²) < 4.78 is 32.4. The van der Waals surface area contributed by atoms with Crippen LogP contribution in [0.3, 0.4) is 0 Å². The van der Waals surface area contributed by atoms with Crippen LogP contribution < -0.4 is 0 Å². The minimum atomic E-state index is -4.93. The summed E-state index contributed by atoms with van der Waals surface area (Å²) in [4.78, 5) is 34.1. The Morgan fingerprint density at radius 3 is 2.19 bits per heavy atom. The van der Waals surface area contributed by atoms with Crippen molar-refractivity contribution in [3.8, 4) is 0 Å². The zero-order chi connectivity index (χ0) is 12.5. The third-order valence-corrected chi connectivity index (χ3v) is 2.38. The summed E-state index contributed by atoms with van der Waals surface area (Å²) >= 11 is 0. The highest BCUT2D eigenvalue weighted by atomic mass is 32.3. The highest BCUT2D eigenvalue weighted by Gasteiger charge is 2.38. The van der Waals surface area contributed by atoms with Crippen molar-refractivity contribution in [2.24, 2.45) is 0 Å². The van der Waals surface area contributed by atoms with Gasteiger partial charge in [0.15, 0.2) is 0 Å². The molecule has 1 N–H and O–H groups in total. The summed E-state index contributed by atoms with van der Waals surface area (Å²) in [6.45, 7) is 1.13. The van der Waals surface area contributed by atoms with Gasteiger partial charge in [-0.15, -0.1) is 0 Å². The lowest BCUT2D eigenvalue weighted by Gasteiger charge is -2.19. The Kier molecular flexibility index (Phi) is 3.29. The van der Waals surface area contributed by atoms with Crippen molar-refractivity contribution in [3.63, 3.8) is 0 Å². The maximum Gasteiger partial charge on any atom is 0.449 e. The van der Waals surface area contributed by atoms with E-state index in [1.165, 1.54) is 0 Å². The van der Waals surface area contributed by atoms with Gasteiger partial charge in [-0.3, -0.25) is 19.0 Å². The first-order valence-electron chi connectivity index (χ1n) is 4.28. The molecule has 1 aliphatic heterocycles. The SMILES string of the molecule is CC(C(=O)OS(=O)(=O)O)N1C(=O)CCC1=O. The number of nitrogens with zero attached hydrogens (tertiary/aromatic N) is 1. The molecule has 1 saturated heterocycles. The van der Waals surface area contributed by atoms with Crippen molar-refractivity contribution in [1.82, 2.24) is 4.90 Å². The zero-order valence-corrected chi connectivity index (χ0v) is 9.06. The van der Waals surface area contributed by atoms with Gasteiger partial charge in [0.1, 0.15) is 6.04 Å². The summed E-state index contributed by atoms with van der Waals surface area (Å²) in [5, 5.41) is 0. The molecule has 9 heteroatoms. The van der Waals surface area contributed by atoms with E-state index < -0.39 is 34.2 Å². The van der Waals surface area contributed by atoms with E-state index >= 15 is 0 Å². The number of imide groups is 1. The van der Waals surface area contributed by atoms with Crippen molar-refractivity contribution in [2.75, 3.05) is 0 Å². The van der Waals surface area contributed by atoms with Crippen LogP contribution in [0.25, 0.3) is 0 Å². The van der Waals surface area contributed by atoms with E-state index in [1.807, 2.05) is 0 Å². The quantitative estimate of drug-likeness (QED) is 0.498. The number of carbonyl (C=O) groups is 3. The summed E-state index contributed by atoms with van der Waals surface area (Å²) in [5.41, 5.74) is 0. The van der Waals surface area contributed by atoms with Crippen LogP contribution in [-0.4, -0.2) is 41.7 Å². The van der Waals surface area contributed by atoms with Crippen LogP contribution in [0.15, 0.2) is 0 Å². The predicted octanol–water partition coefficient (Wildman–Crippen LogP) is -1.13. The molecule has 1 heterocycles. The zero-order valence-electron chi connectivity index (χ0n) is 8.24. The van der Waals surface area contributed by atoms with Gasteiger partial charge in [-0.05, 0) is 6.92 Å². The number of likely N-dealkylation sites (tertiary alicyclic amines) is 1. The summed E-state index contributed by atoms with van der Waals surface area (Å²) in [6, 6.07) is -1.37. The molecule has 0 aliphatic carbocycles. The number of hydrogen-bond donors (Lipinski definition) is 1. The minimum Gasteiger partial charge on any atom is -0.323 e. The summed E-state index contributed by atoms with van der Waals surface area (Å²) in [7, 11) is -4.93. The molecule has 1 rings (SSSR count). The molecule has 1 fully saturated rings. The minimum absolute atomic E-state index is 0.0255. The molecule has 1 unspecified atom stereocenters. The van der Waals surface area contributed by atoms with Gasteiger partial charge in [0, 0.05) is 12.8 Å². The number of hydrogen-bond acceptors (Lipinski definition) is 6. The molecule has 90 valence electrons. The number of amides is 2. The Bertz CT molecular complexity index is 424. The van der Waals surface area contributed by atoms with Crippen molar-refractivity contribution in [1.29, 1.82) is 0 Å². The smallest absolute Gasteiger partial charge is 0.323 e. The fourth-order valence-electron chi connectivity index (χ4n) is 1.30. The lowest BCUT2D eigenvalue weighted by molar-refractivity contribution is -0.151. The second-order valence-electron chi connectivity index (χ2n) is 3.16. The van der Waals surface area contributed by atoms with Crippen molar-refractivity contribution < 1.29 is 31.5 Å². The van der Waals surface area contributed by atoms with Crippen LogP contribution in [0, 0.1) is 0 Å². The van der Waals surface area contributed by atoms with Crippen LogP contribution in [0.2, 0.25) is 0 Å². The Balaban J connectivity index is 2.78. The molecule has 0 radical (unpaired) electrons. The molecular formula is C7H9NO7S. The van der Waals surface area contributed by atoms with E-state index in [2.05, 4.69) is 4.18 Å². The van der Waals surface area contributed by atoms with Crippen LogP contribution in [0.4, 0.5) is 0 Å². The van der Waals surface area contributed by atoms with Crippen LogP contribution >= 0.6 is 0 Å². The molecule has 16 heavy (non-hydrogen) atoms. The number of carbonyl (C=O) groups excluding carboxylic acids is 3. The van der Waals surface area contributed by atoms with Gasteiger partial charge in [-0.2, -0.15) is 8.42 Å². The van der Waals surface area contributed by atoms with Gasteiger partial charge in [0.25, 0.3) is 0 Å². The third kappa shape index (κ3) is 2.76. The molecule has 0 aromatic carbocycles. The molecule has 1 aliphatic rings. The van der Waals surface area contributed by atoms with Gasteiger partial charge in [-0.1, -0.05) is 0 Å². The van der Waals surface area contributed by atoms with Gasteiger partial charge >= 0.3 is 16.4 Å². The fourth-order valence-corrected chi connectivity index (χ4v) is 1.65. The van der Waals surface area contributed by atoms with Crippen LogP contribution in [0.5, 0.6) is 0 Å². The normalized spacial score (nSPS) is 18.8. The number of rotatable bonds is 3. The first-order chi connectivity index (χ1) is 7.22. The van der Waals surface area contributed by atoms with Crippen LogP contribution in [0.1, 0.15) is 19.8 Å². The Hall–Kier alpha value is -1.48. The molecule has 8 nitrogen and oxygen atoms in total. The Morgan fingerprint density at radius 2 is 1.81 bits per heavy atom. The molecule has 0 aromatic rings. The predicted molar refractivity (Wildman–Crippen MR) is 48.2 cm³/mol. The highest BCUT2D eigenvalue weighted by Crippen LogP contribution is 2.16. The third-order valence-electron chi connectivity index (χ3n) is 2.01. The molecule has 0 saturated carbocycles. The molecule has 0 spiro atoms. The standard InChI is InChI=1S/C7H9NO7S/c1-4(7(11)15-16(12,13)14)8-5(9)2-3-6(8)10/h4H,2-3H2,1H3,(H,12,13,14). The maximum absolute atomic E-state index is 11.2. The summed E-state index contributed by atoms with van der Waals surface area (Å²) in [6.07, 6.45) is -0.0509. The second-order valence-corrected chi connectivity index (χ2v) is 4.19. The second kappa shape index (κ2) is 4.18. The van der Waals surface area contributed by atoms with E-state index in [1.54, 1.807) is 0 Å². The summed E-state index contributed by atoms with van der Waals surface area (Å²) in [5.74, 6) is -2.54. The van der Waals surface area contributed by atoms with E-state index in [-0.39, 0.29) is 12.8 Å². The lowest BCUT2D eigenvalue weighted by atomic mass is 10.3. The van der Waals surface area contributed by atoms with Crippen LogP contribution in [-0.2, 0) is 29.0 Å². The topological polar surface area (TPSA) is 118 Å². The van der Waals surface area contributed by atoms with Crippen molar-refractivity contribution >= 4 is 28.2 Å². The van der Waals surface area contributed by atoms with Crippen molar-refractivity contribution in [2.45, 2.75) is 25.8 Å². The van der Waals surface area contributed by atoms with Gasteiger partial charge in [-0.25, -0.2) is 4.79 Å². The highest BCUT2D eigenvalue weighted by molar-refractivity contribution is 7.81. The van der Waals surface area contributed by atoms with Crippen molar-refractivity contribution in [3.05, 3.63) is 0 Å². The Morgan fingerprint density at radius 1 is 1.38 bits per heavy atom. The van der Waals surface area contributed by atoms with E-state index in [0.29, 0.717) is 4.90 Å². The van der Waals surface area contributed by atoms with Gasteiger partial charge in [0.2, 0.25) is 11.8 Å². The molecule has 0 aromatic heterocycles. The van der Waals surface area contributed by atoms with E-state index in [9.17, 15) is 22.8 Å². The first-order valence-corrected chi connectivity index (χ1v) is 5.64. The molecule has 0 bridgehead atoms. The molecular weight excluding hydrogens is 242 g/mol. The monoisotopic (exact) mass is 251 g/mol. The molecule has 2 amide bonds. The maximum atomic E-state index is 11.2. The van der Waals surface area contributed by atoms with E-state index in [0.717, 1.165) is 6.92 Å². The average Bonchev–Trinajstić information content (AvgIpc) is 2.42. The average molecular weight is 251 g/mol. The molecule has 1 atom stereocenters. The largest absolute Gasteiger partial charge is 0.449 e. The fraction of sp³-hybridized carbons (Fsp3) is 0.571. The lowest BCUT2D eigenvalue weighted by Crippen LogP contribution is -2.43. The van der Waals surface area contributed by atoms with E-state index in [4.69, 9.17) is 4.55 Å². The Labute approximate surface area is 91.1 Å². The van der Waals surface area contributed by atoms with Gasteiger partial charge in [0.05, 0.1) is 0 Å².